The molecule has 0 aromatic heterocycles. The lowest BCUT2D eigenvalue weighted by Crippen LogP contribution is -2.58. The molecule has 0 spiro atoms. The Kier molecular flexibility index (Phi) is 3.71. The summed E-state index contributed by atoms with van der Waals surface area (Å²) in [5.41, 5.74) is 1.10. The summed E-state index contributed by atoms with van der Waals surface area (Å²) in [6.45, 7) is 0. The number of halogens is 1. The lowest BCUT2D eigenvalue weighted by molar-refractivity contribution is -0.144. The molecule has 1 aromatic rings. The van der Waals surface area contributed by atoms with Gasteiger partial charge < -0.3 is 9.84 Å². The highest BCUT2D eigenvalue weighted by atomic mass is 79.9. The van der Waals surface area contributed by atoms with Gasteiger partial charge in [-0.25, -0.2) is 4.79 Å². The van der Waals surface area contributed by atoms with Crippen molar-refractivity contribution in [1.82, 2.24) is 4.90 Å². The number of rotatable bonds is 4. The first-order chi connectivity index (χ1) is 10.0. The molecule has 0 saturated carbocycles. The third-order valence-corrected chi connectivity index (χ3v) is 6.06. The van der Waals surface area contributed by atoms with Crippen molar-refractivity contribution in [2.75, 3.05) is 7.11 Å². The minimum Gasteiger partial charge on any atom is -0.497 e. The predicted molar refractivity (Wildman–Crippen MR) is 82.3 cm³/mol. The fourth-order valence-electron chi connectivity index (χ4n) is 2.39. The number of carbonyl (C=O) groups is 2. The van der Waals surface area contributed by atoms with Gasteiger partial charge in [-0.1, -0.05) is 28.1 Å². The Hall–Kier alpha value is -1.47. The number of aliphatic carboxylic acids is 1. The maximum Gasteiger partial charge on any atom is 0.353 e. The summed E-state index contributed by atoms with van der Waals surface area (Å²) in [6, 6.07) is 7.47. The van der Waals surface area contributed by atoms with E-state index in [1.54, 1.807) is 7.11 Å². The number of carboxylic acids is 1. The smallest absolute Gasteiger partial charge is 0.353 e. The zero-order chi connectivity index (χ0) is 15.1. The molecule has 0 bridgehead atoms. The first-order valence-electron chi connectivity index (χ1n) is 6.26. The Morgan fingerprint density at radius 2 is 2.10 bits per heavy atom. The SMILES string of the molecule is COc1ccc(CC2=C(C(=O)O)N3C(=O)[C@@H](Br)[C@H]3S2)cc1. The number of hydrogen-bond acceptors (Lipinski definition) is 4. The quantitative estimate of drug-likeness (QED) is 0.650. The molecule has 21 heavy (non-hydrogen) atoms. The van der Waals surface area contributed by atoms with E-state index < -0.39 is 5.97 Å². The van der Waals surface area contributed by atoms with Gasteiger partial charge in [0.2, 0.25) is 5.91 Å². The number of methoxy groups -OCH3 is 1. The van der Waals surface area contributed by atoms with E-state index in [4.69, 9.17) is 4.74 Å². The lowest BCUT2D eigenvalue weighted by atomic mass is 10.1. The number of benzene rings is 1. The molecular formula is C14H12BrNO4S. The summed E-state index contributed by atoms with van der Waals surface area (Å²) in [6.07, 6.45) is 0.496. The summed E-state index contributed by atoms with van der Waals surface area (Å²) in [5.74, 6) is -0.485. The fraction of sp³-hybridized carbons (Fsp3) is 0.286. The minimum absolute atomic E-state index is 0.113. The van der Waals surface area contributed by atoms with Gasteiger partial charge in [-0.2, -0.15) is 0 Å². The first kappa shape index (κ1) is 14.5. The number of carboxylic acid groups (broad SMARTS) is 1. The zero-order valence-corrected chi connectivity index (χ0v) is 13.5. The molecule has 2 aliphatic heterocycles. The second-order valence-corrected chi connectivity index (χ2v) is 6.92. The molecule has 7 heteroatoms. The van der Waals surface area contributed by atoms with Crippen molar-refractivity contribution in [1.29, 1.82) is 0 Å². The van der Waals surface area contributed by atoms with Crippen LogP contribution in [-0.4, -0.2) is 39.2 Å². The third-order valence-electron chi connectivity index (χ3n) is 3.47. The molecule has 1 aromatic carbocycles. The number of ether oxygens (including phenoxy) is 1. The van der Waals surface area contributed by atoms with Gasteiger partial charge in [0.05, 0.1) is 7.11 Å². The van der Waals surface area contributed by atoms with Crippen LogP contribution in [0.3, 0.4) is 0 Å². The predicted octanol–water partition coefficient (Wildman–Crippen LogP) is 2.21. The number of allylic oxidation sites excluding steroid dienone is 1. The van der Waals surface area contributed by atoms with Gasteiger partial charge in [0.1, 0.15) is 21.6 Å². The number of carbonyl (C=O) groups excluding carboxylic acids is 1. The number of thioether (sulfide) groups is 1. The second kappa shape index (κ2) is 5.38. The van der Waals surface area contributed by atoms with Gasteiger partial charge in [0, 0.05) is 11.3 Å². The van der Waals surface area contributed by atoms with Gasteiger partial charge >= 0.3 is 5.97 Å². The summed E-state index contributed by atoms with van der Waals surface area (Å²) in [5, 5.41) is 9.23. The molecule has 110 valence electrons. The maximum atomic E-state index is 11.8. The monoisotopic (exact) mass is 369 g/mol. The number of hydrogen-bond donors (Lipinski definition) is 1. The second-order valence-electron chi connectivity index (χ2n) is 4.72. The number of fused-ring (bicyclic) bond motifs is 1. The minimum atomic E-state index is -1.05. The molecule has 2 atom stereocenters. The van der Waals surface area contributed by atoms with E-state index in [2.05, 4.69) is 15.9 Å². The number of nitrogens with zero attached hydrogens (tertiary/aromatic N) is 1. The Balaban J connectivity index is 1.86. The highest BCUT2D eigenvalue weighted by molar-refractivity contribution is 9.10. The largest absolute Gasteiger partial charge is 0.497 e. The lowest BCUT2D eigenvalue weighted by Gasteiger charge is -2.38. The van der Waals surface area contributed by atoms with Crippen LogP contribution in [0.4, 0.5) is 0 Å². The molecule has 2 heterocycles. The van der Waals surface area contributed by atoms with Crippen LogP contribution in [0.15, 0.2) is 34.9 Å². The van der Waals surface area contributed by atoms with Gasteiger partial charge in [0.25, 0.3) is 0 Å². The van der Waals surface area contributed by atoms with Crippen molar-refractivity contribution in [3.8, 4) is 5.75 Å². The molecule has 1 N–H and O–H groups in total. The van der Waals surface area contributed by atoms with E-state index >= 15 is 0 Å². The van der Waals surface area contributed by atoms with Crippen LogP contribution in [0, 0.1) is 0 Å². The molecule has 0 unspecified atom stereocenters. The Labute approximate surface area is 134 Å². The summed E-state index contributed by atoms with van der Waals surface area (Å²) >= 11 is 4.73. The van der Waals surface area contributed by atoms with Crippen LogP contribution >= 0.6 is 27.7 Å². The molecule has 0 aliphatic carbocycles. The molecule has 1 saturated heterocycles. The van der Waals surface area contributed by atoms with Crippen molar-refractivity contribution in [3.05, 3.63) is 40.4 Å². The van der Waals surface area contributed by atoms with Crippen molar-refractivity contribution < 1.29 is 19.4 Å². The highest BCUT2D eigenvalue weighted by Crippen LogP contribution is 2.49. The third kappa shape index (κ3) is 2.34. The Morgan fingerprint density at radius 3 is 2.67 bits per heavy atom. The van der Waals surface area contributed by atoms with E-state index in [1.165, 1.54) is 16.7 Å². The van der Waals surface area contributed by atoms with Gasteiger partial charge in [0.15, 0.2) is 0 Å². The average Bonchev–Trinajstić information content (AvgIpc) is 2.83. The Morgan fingerprint density at radius 1 is 1.43 bits per heavy atom. The van der Waals surface area contributed by atoms with E-state index in [0.717, 1.165) is 11.3 Å². The normalized spacial score (nSPS) is 23.9. The number of alkyl halides is 1. The number of amides is 1. The molecule has 3 rings (SSSR count). The van der Waals surface area contributed by atoms with Gasteiger partial charge in [-0.05, 0) is 17.7 Å². The molecule has 5 nitrogen and oxygen atoms in total. The molecular weight excluding hydrogens is 358 g/mol. The average molecular weight is 370 g/mol. The van der Waals surface area contributed by atoms with Crippen LogP contribution in [-0.2, 0) is 16.0 Å². The van der Waals surface area contributed by atoms with Crippen LogP contribution in [0.2, 0.25) is 0 Å². The van der Waals surface area contributed by atoms with Crippen LogP contribution in [0.25, 0.3) is 0 Å². The van der Waals surface area contributed by atoms with Gasteiger partial charge in [-0.3, -0.25) is 9.69 Å². The molecule has 0 radical (unpaired) electrons. The molecule has 2 aliphatic rings. The van der Waals surface area contributed by atoms with E-state index in [1.807, 2.05) is 24.3 Å². The van der Waals surface area contributed by atoms with Crippen LogP contribution < -0.4 is 4.74 Å². The fourth-order valence-corrected chi connectivity index (χ4v) is 4.56. The highest BCUT2D eigenvalue weighted by Gasteiger charge is 2.54. The number of β-lactam (4-membered cyclic amide) rings is 1. The Bertz CT molecular complexity index is 643. The maximum absolute atomic E-state index is 11.8. The first-order valence-corrected chi connectivity index (χ1v) is 8.05. The summed E-state index contributed by atoms with van der Waals surface area (Å²) in [7, 11) is 1.60. The van der Waals surface area contributed by atoms with Crippen molar-refractivity contribution in [2.45, 2.75) is 16.6 Å². The molecule has 1 fully saturated rings. The van der Waals surface area contributed by atoms with Crippen molar-refractivity contribution >= 4 is 39.6 Å². The topological polar surface area (TPSA) is 66.8 Å². The zero-order valence-electron chi connectivity index (χ0n) is 11.1. The van der Waals surface area contributed by atoms with E-state index in [9.17, 15) is 14.7 Å². The van der Waals surface area contributed by atoms with Crippen molar-refractivity contribution in [2.24, 2.45) is 0 Å². The van der Waals surface area contributed by atoms with Crippen molar-refractivity contribution in [3.63, 3.8) is 0 Å². The standard InChI is InChI=1S/C14H12BrNO4S/c1-20-8-4-2-7(3-5-8)6-9-11(14(18)19)16-12(17)10(15)13(16)21-9/h2-5,10,13H,6H2,1H3,(H,18,19)/t10-,13-/m1/s1. The van der Waals surface area contributed by atoms with Crippen LogP contribution in [0.1, 0.15) is 5.56 Å². The van der Waals surface area contributed by atoms with E-state index in [-0.39, 0.29) is 21.8 Å². The van der Waals surface area contributed by atoms with E-state index in [0.29, 0.717) is 11.3 Å². The van der Waals surface area contributed by atoms with Gasteiger partial charge in [-0.15, -0.1) is 11.8 Å². The molecule has 1 amide bonds. The van der Waals surface area contributed by atoms with Crippen LogP contribution in [0.5, 0.6) is 5.75 Å². The summed E-state index contributed by atoms with van der Waals surface area (Å²) < 4.78 is 5.10. The summed E-state index contributed by atoms with van der Waals surface area (Å²) in [4.78, 5) is 25.0.